The van der Waals surface area contributed by atoms with Crippen LogP contribution in [0.4, 0.5) is 4.39 Å². The van der Waals surface area contributed by atoms with Crippen molar-refractivity contribution in [2.45, 2.75) is 6.42 Å². The molecule has 0 bridgehead atoms. The molecule has 2 rings (SSSR count). The second-order valence-electron chi connectivity index (χ2n) is 4.84. The van der Waals surface area contributed by atoms with Gasteiger partial charge in [0.1, 0.15) is 5.82 Å². The number of nitrogens with two attached hydrogens (primary N) is 1. The van der Waals surface area contributed by atoms with E-state index in [0.717, 1.165) is 12.1 Å². The van der Waals surface area contributed by atoms with Crippen molar-refractivity contribution in [3.8, 4) is 5.69 Å². The summed E-state index contributed by atoms with van der Waals surface area (Å²) in [5.41, 5.74) is 7.08. The van der Waals surface area contributed by atoms with E-state index in [2.05, 4.69) is 5.10 Å². The van der Waals surface area contributed by atoms with Gasteiger partial charge >= 0.3 is 0 Å². The number of rotatable bonds is 5. The predicted molar refractivity (Wildman–Crippen MR) is 74.3 cm³/mol. The molecule has 106 valence electrons. The summed E-state index contributed by atoms with van der Waals surface area (Å²) in [5, 5.41) is 4.19. The number of hydrogen-bond acceptors (Lipinski definition) is 3. The molecule has 1 aromatic carbocycles. The molecule has 0 radical (unpaired) electrons. The fourth-order valence-corrected chi connectivity index (χ4v) is 1.87. The number of primary amides is 1. The lowest BCUT2D eigenvalue weighted by atomic mass is 10.1. The average Bonchev–Trinajstić information content (AvgIpc) is 2.81. The van der Waals surface area contributed by atoms with Crippen LogP contribution in [0, 0.1) is 5.82 Å². The lowest BCUT2D eigenvalue weighted by Crippen LogP contribution is -2.18. The highest BCUT2D eigenvalue weighted by Gasteiger charge is 2.14. The number of carbonyl (C=O) groups excluding carboxylic acids is 1. The Balaban J connectivity index is 2.33. The number of halogens is 1. The van der Waals surface area contributed by atoms with Crippen molar-refractivity contribution >= 4 is 5.91 Å². The van der Waals surface area contributed by atoms with E-state index in [4.69, 9.17) is 5.73 Å². The number of likely N-dealkylation sites (N-methyl/N-ethyl adjacent to an activating group) is 1. The highest BCUT2D eigenvalue weighted by atomic mass is 19.1. The van der Waals surface area contributed by atoms with E-state index < -0.39 is 5.91 Å². The highest BCUT2D eigenvalue weighted by molar-refractivity contribution is 5.92. The summed E-state index contributed by atoms with van der Waals surface area (Å²) < 4.78 is 14.5. The zero-order valence-corrected chi connectivity index (χ0v) is 11.5. The smallest absolute Gasteiger partial charge is 0.269 e. The van der Waals surface area contributed by atoms with Crippen molar-refractivity contribution in [1.82, 2.24) is 14.7 Å². The Labute approximate surface area is 116 Å². The summed E-state index contributed by atoms with van der Waals surface area (Å²) in [6.07, 6.45) is 2.43. The SMILES string of the molecule is CN(C)CCc1cn(-c2ccc(F)cc2)nc1C(N)=O. The maximum atomic E-state index is 12.9. The lowest BCUT2D eigenvalue weighted by molar-refractivity contribution is 0.0994. The Morgan fingerprint density at radius 1 is 1.35 bits per heavy atom. The van der Waals surface area contributed by atoms with Crippen LogP contribution < -0.4 is 5.73 Å². The van der Waals surface area contributed by atoms with E-state index in [0.29, 0.717) is 12.1 Å². The van der Waals surface area contributed by atoms with Gasteiger partial charge in [-0.1, -0.05) is 0 Å². The molecule has 0 unspecified atom stereocenters. The minimum Gasteiger partial charge on any atom is -0.364 e. The summed E-state index contributed by atoms with van der Waals surface area (Å²) in [6, 6.07) is 5.90. The molecule has 0 spiro atoms. The van der Waals surface area contributed by atoms with Gasteiger partial charge in [-0.3, -0.25) is 4.79 Å². The highest BCUT2D eigenvalue weighted by Crippen LogP contribution is 2.14. The molecule has 0 aliphatic rings. The third-order valence-corrected chi connectivity index (χ3v) is 2.94. The van der Waals surface area contributed by atoms with Gasteiger partial charge in [0.05, 0.1) is 5.69 Å². The van der Waals surface area contributed by atoms with Gasteiger partial charge in [-0.15, -0.1) is 0 Å². The molecule has 1 aromatic heterocycles. The van der Waals surface area contributed by atoms with Gasteiger partial charge < -0.3 is 10.6 Å². The van der Waals surface area contributed by atoms with E-state index >= 15 is 0 Å². The number of amides is 1. The summed E-state index contributed by atoms with van der Waals surface area (Å²) >= 11 is 0. The zero-order valence-electron chi connectivity index (χ0n) is 11.5. The second-order valence-corrected chi connectivity index (χ2v) is 4.84. The molecule has 0 saturated heterocycles. The maximum absolute atomic E-state index is 12.9. The Hall–Kier alpha value is -2.21. The topological polar surface area (TPSA) is 64.2 Å². The van der Waals surface area contributed by atoms with Crippen molar-refractivity contribution in [2.24, 2.45) is 5.73 Å². The molecule has 1 amide bonds. The first kappa shape index (κ1) is 14.2. The van der Waals surface area contributed by atoms with Crippen LogP contribution >= 0.6 is 0 Å². The van der Waals surface area contributed by atoms with Gasteiger partial charge in [0.15, 0.2) is 5.69 Å². The van der Waals surface area contributed by atoms with E-state index in [-0.39, 0.29) is 11.5 Å². The number of hydrogen-bond donors (Lipinski definition) is 1. The van der Waals surface area contributed by atoms with Crippen molar-refractivity contribution in [2.75, 3.05) is 20.6 Å². The van der Waals surface area contributed by atoms with E-state index in [1.54, 1.807) is 23.0 Å². The molecule has 5 nitrogen and oxygen atoms in total. The van der Waals surface area contributed by atoms with E-state index in [9.17, 15) is 9.18 Å². The van der Waals surface area contributed by atoms with Crippen LogP contribution in [0.1, 0.15) is 16.1 Å². The van der Waals surface area contributed by atoms with Crippen molar-refractivity contribution in [1.29, 1.82) is 0 Å². The summed E-state index contributed by atoms with van der Waals surface area (Å²) in [5.74, 6) is -0.872. The Morgan fingerprint density at radius 3 is 2.55 bits per heavy atom. The molecule has 0 fully saturated rings. The molecule has 2 N–H and O–H groups in total. The Kier molecular flexibility index (Phi) is 4.14. The molecule has 0 atom stereocenters. The Morgan fingerprint density at radius 2 is 2.00 bits per heavy atom. The number of carbonyl (C=O) groups is 1. The first-order valence-corrected chi connectivity index (χ1v) is 6.26. The maximum Gasteiger partial charge on any atom is 0.269 e. The second kappa shape index (κ2) is 5.83. The molecule has 0 aliphatic heterocycles. The van der Waals surface area contributed by atoms with Crippen LogP contribution in [0.3, 0.4) is 0 Å². The van der Waals surface area contributed by atoms with Gasteiger partial charge in [0.25, 0.3) is 5.91 Å². The van der Waals surface area contributed by atoms with Crippen LogP contribution in [0.15, 0.2) is 30.5 Å². The minimum absolute atomic E-state index is 0.260. The summed E-state index contributed by atoms with van der Waals surface area (Å²) in [4.78, 5) is 13.5. The number of benzene rings is 1. The van der Waals surface area contributed by atoms with Gasteiger partial charge in [-0.25, -0.2) is 9.07 Å². The van der Waals surface area contributed by atoms with E-state index in [1.165, 1.54) is 12.1 Å². The molecule has 2 aromatic rings. The summed E-state index contributed by atoms with van der Waals surface area (Å²) in [7, 11) is 3.91. The van der Waals surface area contributed by atoms with Gasteiger partial charge in [-0.2, -0.15) is 5.10 Å². The van der Waals surface area contributed by atoms with Crippen LogP contribution in [-0.4, -0.2) is 41.2 Å². The van der Waals surface area contributed by atoms with Crippen molar-refractivity contribution in [3.05, 3.63) is 47.5 Å². The van der Waals surface area contributed by atoms with Crippen LogP contribution in [-0.2, 0) is 6.42 Å². The fourth-order valence-electron chi connectivity index (χ4n) is 1.87. The van der Waals surface area contributed by atoms with Crippen LogP contribution in [0.5, 0.6) is 0 Å². The van der Waals surface area contributed by atoms with Crippen molar-refractivity contribution < 1.29 is 9.18 Å². The van der Waals surface area contributed by atoms with Crippen molar-refractivity contribution in [3.63, 3.8) is 0 Å². The largest absolute Gasteiger partial charge is 0.364 e. The molecule has 0 saturated carbocycles. The third-order valence-electron chi connectivity index (χ3n) is 2.94. The summed E-state index contributed by atoms with van der Waals surface area (Å²) in [6.45, 7) is 0.787. The van der Waals surface area contributed by atoms with Gasteiger partial charge in [-0.05, 0) is 44.8 Å². The minimum atomic E-state index is -0.556. The molecule has 20 heavy (non-hydrogen) atoms. The normalized spacial score (nSPS) is 11.0. The molecule has 6 heteroatoms. The predicted octanol–water partition coefficient (Wildman–Crippen LogP) is 1.21. The average molecular weight is 276 g/mol. The fraction of sp³-hybridized carbons (Fsp3) is 0.286. The number of nitrogens with zero attached hydrogens (tertiary/aromatic N) is 3. The lowest BCUT2D eigenvalue weighted by Gasteiger charge is -2.07. The van der Waals surface area contributed by atoms with Crippen LogP contribution in [0.2, 0.25) is 0 Å². The molecule has 0 aliphatic carbocycles. The van der Waals surface area contributed by atoms with Crippen LogP contribution in [0.25, 0.3) is 5.69 Å². The number of aromatic nitrogens is 2. The van der Waals surface area contributed by atoms with Gasteiger partial charge in [0, 0.05) is 18.3 Å². The van der Waals surface area contributed by atoms with Gasteiger partial charge in [0.2, 0.25) is 0 Å². The zero-order chi connectivity index (χ0) is 14.7. The van der Waals surface area contributed by atoms with E-state index in [1.807, 2.05) is 19.0 Å². The molecular formula is C14H17FN4O. The quantitative estimate of drug-likeness (QED) is 0.893. The molecule has 1 heterocycles. The standard InChI is InChI=1S/C14H17FN4O/c1-18(2)8-7-10-9-19(17-13(10)14(16)20)12-5-3-11(15)4-6-12/h3-6,9H,7-8H2,1-2H3,(H2,16,20). The third kappa shape index (κ3) is 3.21. The first-order chi connectivity index (χ1) is 9.47. The Bertz CT molecular complexity index is 604. The molecular weight excluding hydrogens is 259 g/mol. The first-order valence-electron chi connectivity index (χ1n) is 6.26. The monoisotopic (exact) mass is 276 g/mol.